The van der Waals surface area contributed by atoms with Crippen molar-refractivity contribution >= 4 is 23.5 Å². The Bertz CT molecular complexity index is 837. The summed E-state index contributed by atoms with van der Waals surface area (Å²) < 4.78 is 15.6. The second kappa shape index (κ2) is 6.16. The largest absolute Gasteiger partial charge is 0.316 e. The van der Waals surface area contributed by atoms with Crippen LogP contribution in [0.2, 0.25) is 5.02 Å². The molecule has 0 bridgehead atoms. The van der Waals surface area contributed by atoms with E-state index in [-0.39, 0.29) is 5.82 Å². The molecule has 1 heterocycles. The highest BCUT2D eigenvalue weighted by atomic mass is 35.5. The lowest BCUT2D eigenvalue weighted by molar-refractivity contribution is 0.630. The summed E-state index contributed by atoms with van der Waals surface area (Å²) in [4.78, 5) is 4.22. The van der Waals surface area contributed by atoms with E-state index in [0.29, 0.717) is 10.7 Å². The van der Waals surface area contributed by atoms with Crippen LogP contribution in [0.5, 0.6) is 0 Å². The average molecular weight is 313 g/mol. The lowest BCUT2D eigenvalue weighted by Crippen LogP contribution is -1.98. The van der Waals surface area contributed by atoms with E-state index < -0.39 is 0 Å². The number of hydrogen-bond donors (Lipinski definition) is 0. The summed E-state index contributed by atoms with van der Waals surface area (Å²) in [5, 5.41) is 0.711. The summed E-state index contributed by atoms with van der Waals surface area (Å²) in [6.45, 7) is 1.96. The van der Waals surface area contributed by atoms with Crippen molar-refractivity contribution in [3.63, 3.8) is 0 Å². The van der Waals surface area contributed by atoms with Gasteiger partial charge in [0.15, 0.2) is 0 Å². The maximum Gasteiger partial charge on any atom is 0.148 e. The Morgan fingerprint density at radius 2 is 1.91 bits per heavy atom. The van der Waals surface area contributed by atoms with Crippen LogP contribution in [-0.2, 0) is 0 Å². The van der Waals surface area contributed by atoms with E-state index >= 15 is 0 Å². The minimum Gasteiger partial charge on any atom is -0.316 e. The average Bonchev–Trinajstić information content (AvgIpc) is 2.98. The molecule has 3 aromatic rings. The molecular weight excluding hydrogens is 299 g/mol. The van der Waals surface area contributed by atoms with E-state index in [1.807, 2.05) is 48.0 Å². The number of benzene rings is 2. The first-order chi connectivity index (χ1) is 10.6. The molecule has 3 rings (SSSR count). The van der Waals surface area contributed by atoms with Gasteiger partial charge in [-0.3, -0.25) is 4.99 Å². The van der Waals surface area contributed by atoms with E-state index in [1.165, 1.54) is 6.07 Å². The van der Waals surface area contributed by atoms with E-state index in [1.54, 1.807) is 24.4 Å². The number of aromatic nitrogens is 1. The molecule has 0 saturated carbocycles. The van der Waals surface area contributed by atoms with Gasteiger partial charge in [-0.15, -0.1) is 0 Å². The molecule has 0 aliphatic heterocycles. The summed E-state index contributed by atoms with van der Waals surface area (Å²) >= 11 is 6.18. The zero-order chi connectivity index (χ0) is 15.5. The van der Waals surface area contributed by atoms with Gasteiger partial charge in [-0.1, -0.05) is 29.8 Å². The van der Waals surface area contributed by atoms with Gasteiger partial charge in [0, 0.05) is 16.9 Å². The third-order valence-corrected chi connectivity index (χ3v) is 3.81. The van der Waals surface area contributed by atoms with Gasteiger partial charge in [0.05, 0.1) is 17.6 Å². The summed E-state index contributed by atoms with van der Waals surface area (Å²) in [7, 11) is 0. The lowest BCUT2D eigenvalue weighted by atomic mass is 10.2. The van der Waals surface area contributed by atoms with E-state index in [4.69, 9.17) is 11.6 Å². The van der Waals surface area contributed by atoms with Gasteiger partial charge in [-0.25, -0.2) is 4.39 Å². The molecule has 0 fully saturated rings. The van der Waals surface area contributed by atoms with Crippen molar-refractivity contribution in [2.24, 2.45) is 4.99 Å². The van der Waals surface area contributed by atoms with Crippen molar-refractivity contribution in [3.8, 4) is 5.69 Å². The van der Waals surface area contributed by atoms with Gasteiger partial charge in [0.25, 0.3) is 0 Å². The number of rotatable bonds is 3. The van der Waals surface area contributed by atoms with E-state index in [2.05, 4.69) is 4.99 Å². The van der Waals surface area contributed by atoms with Gasteiger partial charge in [0.2, 0.25) is 0 Å². The summed E-state index contributed by atoms with van der Waals surface area (Å²) in [5.41, 5.74) is 3.13. The van der Waals surface area contributed by atoms with Crippen molar-refractivity contribution in [2.75, 3.05) is 0 Å². The van der Waals surface area contributed by atoms with E-state index in [0.717, 1.165) is 16.9 Å². The van der Waals surface area contributed by atoms with Gasteiger partial charge in [-0.05, 0) is 48.9 Å². The highest BCUT2D eigenvalue weighted by Gasteiger charge is 2.04. The quantitative estimate of drug-likeness (QED) is 0.582. The SMILES string of the molecule is Cc1ccc(-n2cccc2C=Nc2ccccc2F)cc1Cl. The summed E-state index contributed by atoms with van der Waals surface area (Å²) in [6.07, 6.45) is 3.57. The molecule has 0 unspecified atom stereocenters. The smallest absolute Gasteiger partial charge is 0.148 e. The van der Waals surface area contributed by atoms with Crippen LogP contribution in [0, 0.1) is 12.7 Å². The standard InChI is InChI=1S/C18H14ClFN2/c1-13-8-9-14(11-16(13)19)22-10-4-5-15(22)12-21-18-7-3-2-6-17(18)20/h2-12H,1H3. The Labute approximate surface area is 133 Å². The van der Waals surface area contributed by atoms with Crippen LogP contribution in [-0.4, -0.2) is 10.8 Å². The molecule has 0 radical (unpaired) electrons. The molecule has 0 aliphatic rings. The Hall–Kier alpha value is -2.39. The topological polar surface area (TPSA) is 17.3 Å². The molecule has 0 spiro atoms. The van der Waals surface area contributed by atoms with Gasteiger partial charge in [0.1, 0.15) is 5.82 Å². The first kappa shape index (κ1) is 14.5. The van der Waals surface area contributed by atoms with Gasteiger partial charge < -0.3 is 4.57 Å². The zero-order valence-electron chi connectivity index (χ0n) is 12.0. The first-order valence-corrected chi connectivity index (χ1v) is 7.25. The fourth-order valence-electron chi connectivity index (χ4n) is 2.16. The first-order valence-electron chi connectivity index (χ1n) is 6.87. The summed E-state index contributed by atoms with van der Waals surface area (Å²) in [5.74, 6) is -0.338. The van der Waals surface area contributed by atoms with E-state index in [9.17, 15) is 4.39 Å². The molecule has 2 nitrogen and oxygen atoms in total. The minimum absolute atomic E-state index is 0.317. The molecule has 110 valence electrons. The molecular formula is C18H14ClFN2. The van der Waals surface area contributed by atoms with Crippen LogP contribution >= 0.6 is 11.6 Å². The van der Waals surface area contributed by atoms with Crippen molar-refractivity contribution in [1.29, 1.82) is 0 Å². The van der Waals surface area contributed by atoms with Gasteiger partial charge >= 0.3 is 0 Å². The third-order valence-electron chi connectivity index (χ3n) is 3.40. The van der Waals surface area contributed by atoms with Crippen LogP contribution in [0.15, 0.2) is 65.8 Å². The highest BCUT2D eigenvalue weighted by molar-refractivity contribution is 6.31. The molecule has 0 amide bonds. The van der Waals surface area contributed by atoms with Crippen LogP contribution in [0.3, 0.4) is 0 Å². The Kier molecular flexibility index (Phi) is 4.07. The monoisotopic (exact) mass is 312 g/mol. The molecule has 2 aromatic carbocycles. The molecule has 4 heteroatoms. The van der Waals surface area contributed by atoms with Crippen LogP contribution in [0.25, 0.3) is 5.69 Å². The number of para-hydroxylation sites is 1. The zero-order valence-corrected chi connectivity index (χ0v) is 12.8. The molecule has 22 heavy (non-hydrogen) atoms. The number of aryl methyl sites for hydroxylation is 1. The minimum atomic E-state index is -0.338. The fourth-order valence-corrected chi connectivity index (χ4v) is 2.33. The normalized spacial score (nSPS) is 11.2. The fraction of sp³-hybridized carbons (Fsp3) is 0.0556. The molecule has 0 aliphatic carbocycles. The van der Waals surface area contributed by atoms with Crippen LogP contribution in [0.1, 0.15) is 11.3 Å². The third kappa shape index (κ3) is 2.95. The van der Waals surface area contributed by atoms with Crippen molar-refractivity contribution in [1.82, 2.24) is 4.57 Å². The Morgan fingerprint density at radius 3 is 2.68 bits per heavy atom. The number of aliphatic imine (C=N–C) groups is 1. The van der Waals surface area contributed by atoms with Gasteiger partial charge in [-0.2, -0.15) is 0 Å². The second-order valence-corrected chi connectivity index (χ2v) is 5.35. The Morgan fingerprint density at radius 1 is 1.09 bits per heavy atom. The Balaban J connectivity index is 1.95. The maximum atomic E-state index is 13.6. The molecule has 1 aromatic heterocycles. The second-order valence-electron chi connectivity index (χ2n) is 4.95. The number of nitrogens with zero attached hydrogens (tertiary/aromatic N) is 2. The van der Waals surface area contributed by atoms with Crippen LogP contribution < -0.4 is 0 Å². The molecule has 0 saturated heterocycles. The lowest BCUT2D eigenvalue weighted by Gasteiger charge is -2.08. The number of hydrogen-bond acceptors (Lipinski definition) is 1. The van der Waals surface area contributed by atoms with Crippen LogP contribution in [0.4, 0.5) is 10.1 Å². The van der Waals surface area contributed by atoms with Crippen molar-refractivity contribution in [3.05, 3.63) is 82.9 Å². The molecule has 0 N–H and O–H groups in total. The summed E-state index contributed by atoms with van der Waals surface area (Å²) in [6, 6.07) is 16.1. The molecule has 0 atom stereocenters. The predicted molar refractivity (Wildman–Crippen MR) is 89.2 cm³/mol. The highest BCUT2D eigenvalue weighted by Crippen LogP contribution is 2.21. The predicted octanol–water partition coefficient (Wildman–Crippen LogP) is 5.33. The van der Waals surface area contributed by atoms with Crippen molar-refractivity contribution in [2.45, 2.75) is 6.92 Å². The van der Waals surface area contributed by atoms with Crippen molar-refractivity contribution < 1.29 is 4.39 Å². The number of halogens is 2. The maximum absolute atomic E-state index is 13.6.